The van der Waals surface area contributed by atoms with Crippen LogP contribution in [-0.2, 0) is 11.2 Å². The lowest BCUT2D eigenvalue weighted by molar-refractivity contribution is -0.112. The van der Waals surface area contributed by atoms with E-state index in [1.807, 2.05) is 30.0 Å². The summed E-state index contributed by atoms with van der Waals surface area (Å²) in [6, 6.07) is 7.05. The fraction of sp³-hybridized carbons (Fsp3) is 0.357. The number of carbonyl (C=O) groups excluding carboxylic acids is 1. The van der Waals surface area contributed by atoms with Crippen molar-refractivity contribution in [1.82, 2.24) is 9.88 Å². The van der Waals surface area contributed by atoms with Crippen LogP contribution in [-0.4, -0.2) is 33.9 Å². The molecule has 0 bridgehead atoms. The van der Waals surface area contributed by atoms with Gasteiger partial charge >= 0.3 is 0 Å². The van der Waals surface area contributed by atoms with E-state index in [1.165, 1.54) is 45.1 Å². The molecule has 1 aliphatic heterocycles. The van der Waals surface area contributed by atoms with Crippen molar-refractivity contribution in [1.29, 1.82) is 0 Å². The molecule has 1 aromatic heterocycles. The van der Waals surface area contributed by atoms with E-state index in [4.69, 9.17) is 4.42 Å². The fourth-order valence-electron chi connectivity index (χ4n) is 4.74. The Morgan fingerprint density at radius 1 is 1.23 bits per heavy atom. The van der Waals surface area contributed by atoms with Crippen molar-refractivity contribution < 1.29 is 22.4 Å². The molecule has 0 fully saturated rings. The number of nitrogens with zero attached hydrogens (tertiary/aromatic N) is 2. The number of hydrogen-bond acceptors (Lipinski definition) is 4. The van der Waals surface area contributed by atoms with Gasteiger partial charge in [0, 0.05) is 30.6 Å². The van der Waals surface area contributed by atoms with Crippen LogP contribution in [0.4, 0.5) is 13.2 Å². The number of aromatic nitrogens is 1. The minimum absolute atomic E-state index is 0.00614. The van der Waals surface area contributed by atoms with Gasteiger partial charge in [-0.15, -0.1) is 0 Å². The molecule has 184 valence electrons. The molecule has 4 rings (SSSR count). The lowest BCUT2D eigenvalue weighted by Gasteiger charge is -2.44. The summed E-state index contributed by atoms with van der Waals surface area (Å²) >= 11 is 0. The second-order valence-corrected chi connectivity index (χ2v) is 9.85. The summed E-state index contributed by atoms with van der Waals surface area (Å²) in [5.74, 6) is -0.548. The number of allylic oxidation sites excluding steroid dienone is 1. The van der Waals surface area contributed by atoms with Gasteiger partial charge in [-0.25, -0.2) is 18.2 Å². The van der Waals surface area contributed by atoms with Gasteiger partial charge in [-0.3, -0.25) is 9.69 Å². The van der Waals surface area contributed by atoms with E-state index < -0.39 is 23.3 Å². The highest BCUT2D eigenvalue weighted by molar-refractivity contribution is 5.91. The Morgan fingerprint density at radius 3 is 2.49 bits per heavy atom. The first kappa shape index (κ1) is 24.9. The second-order valence-electron chi connectivity index (χ2n) is 9.85. The maximum absolute atomic E-state index is 15.5. The van der Waals surface area contributed by atoms with Crippen molar-refractivity contribution in [2.24, 2.45) is 0 Å². The van der Waals surface area contributed by atoms with Crippen molar-refractivity contribution >= 4 is 11.9 Å². The van der Waals surface area contributed by atoms with E-state index in [2.05, 4.69) is 4.98 Å². The third-order valence-corrected chi connectivity index (χ3v) is 6.20. The molecule has 4 nitrogen and oxygen atoms in total. The molecule has 0 amide bonds. The van der Waals surface area contributed by atoms with Crippen LogP contribution in [0.5, 0.6) is 0 Å². The van der Waals surface area contributed by atoms with Crippen molar-refractivity contribution in [3.8, 4) is 11.3 Å². The highest BCUT2D eigenvalue weighted by Crippen LogP contribution is 2.42. The molecular weight excluding hydrogens is 453 g/mol. The van der Waals surface area contributed by atoms with E-state index >= 15 is 8.78 Å². The molecule has 0 radical (unpaired) electrons. The molecule has 1 aliphatic rings. The molecule has 2 heterocycles. The number of oxazole rings is 1. The topological polar surface area (TPSA) is 46.3 Å². The third-order valence-electron chi connectivity index (χ3n) is 6.20. The van der Waals surface area contributed by atoms with Crippen LogP contribution in [0.3, 0.4) is 0 Å². The summed E-state index contributed by atoms with van der Waals surface area (Å²) in [6.07, 6.45) is 4.87. The first-order chi connectivity index (χ1) is 16.4. The van der Waals surface area contributed by atoms with Crippen LogP contribution in [0.25, 0.3) is 17.4 Å². The molecule has 2 unspecified atom stereocenters. The number of ketones is 1. The SMILES string of the molecule is CC(=O)/C=C/c1cc(F)c(C2c3ccc(-c4cnc(C)o4)cc3CC(C)N2CC(C)(C)F)c(F)c1. The smallest absolute Gasteiger partial charge is 0.191 e. The average molecular weight is 483 g/mol. The van der Waals surface area contributed by atoms with Gasteiger partial charge < -0.3 is 4.42 Å². The highest BCUT2D eigenvalue weighted by Gasteiger charge is 2.39. The van der Waals surface area contributed by atoms with E-state index in [1.54, 1.807) is 13.1 Å². The molecule has 0 spiro atoms. The average Bonchev–Trinajstić information content (AvgIpc) is 3.19. The molecule has 7 heteroatoms. The standard InChI is InChI=1S/C28H29F3N2O2/c1-16-10-21-13-20(25-14-32-18(3)35-25)8-9-22(21)27(33(16)15-28(4,5)31)26-23(29)11-19(12-24(26)30)7-6-17(2)34/h6-9,11-14,16,27H,10,15H2,1-5H3/b7-6+. The lowest BCUT2D eigenvalue weighted by Crippen LogP contribution is -2.48. The van der Waals surface area contributed by atoms with Gasteiger partial charge in [0.1, 0.15) is 17.3 Å². The molecule has 35 heavy (non-hydrogen) atoms. The second kappa shape index (κ2) is 9.46. The van der Waals surface area contributed by atoms with Crippen molar-refractivity contribution in [2.45, 2.75) is 58.8 Å². The minimum atomic E-state index is -1.57. The monoisotopic (exact) mass is 482 g/mol. The maximum Gasteiger partial charge on any atom is 0.191 e. The summed E-state index contributed by atoms with van der Waals surface area (Å²) in [5.41, 5.74) is 0.999. The van der Waals surface area contributed by atoms with E-state index in [0.717, 1.165) is 16.7 Å². The Kier molecular flexibility index (Phi) is 6.73. The quantitative estimate of drug-likeness (QED) is 0.371. The van der Waals surface area contributed by atoms with Gasteiger partial charge in [-0.1, -0.05) is 18.2 Å². The van der Waals surface area contributed by atoms with Crippen molar-refractivity contribution in [2.75, 3.05) is 6.54 Å². The lowest BCUT2D eigenvalue weighted by atomic mass is 9.82. The predicted molar refractivity (Wildman–Crippen MR) is 130 cm³/mol. The first-order valence-corrected chi connectivity index (χ1v) is 11.6. The Labute approximate surface area is 203 Å². The van der Waals surface area contributed by atoms with Crippen LogP contribution >= 0.6 is 0 Å². The molecule has 0 saturated carbocycles. The predicted octanol–water partition coefficient (Wildman–Crippen LogP) is 6.61. The molecule has 0 aliphatic carbocycles. The van der Waals surface area contributed by atoms with Gasteiger partial charge in [0.2, 0.25) is 0 Å². The van der Waals surface area contributed by atoms with E-state index in [-0.39, 0.29) is 29.5 Å². The Hall–Kier alpha value is -3.19. The number of rotatable bonds is 6. The fourth-order valence-corrected chi connectivity index (χ4v) is 4.74. The number of carbonyl (C=O) groups is 1. The Morgan fingerprint density at radius 2 is 1.91 bits per heavy atom. The largest absolute Gasteiger partial charge is 0.441 e. The molecule has 0 saturated heterocycles. The van der Waals surface area contributed by atoms with Crippen LogP contribution in [0, 0.1) is 18.6 Å². The van der Waals surface area contributed by atoms with Crippen molar-refractivity contribution in [3.63, 3.8) is 0 Å². The third kappa shape index (κ3) is 5.40. The van der Waals surface area contributed by atoms with Gasteiger partial charge in [0.25, 0.3) is 0 Å². The zero-order valence-electron chi connectivity index (χ0n) is 20.5. The number of alkyl halides is 1. The maximum atomic E-state index is 15.5. The van der Waals surface area contributed by atoms with Gasteiger partial charge in [-0.2, -0.15) is 0 Å². The van der Waals surface area contributed by atoms with E-state index in [9.17, 15) is 9.18 Å². The van der Waals surface area contributed by atoms with Crippen molar-refractivity contribution in [3.05, 3.63) is 82.4 Å². The Bertz CT molecular complexity index is 1270. The van der Waals surface area contributed by atoms with Crippen LogP contribution < -0.4 is 0 Å². The zero-order chi connectivity index (χ0) is 25.5. The first-order valence-electron chi connectivity index (χ1n) is 11.6. The van der Waals surface area contributed by atoms with Crippen LogP contribution in [0.2, 0.25) is 0 Å². The molecule has 0 N–H and O–H groups in total. The Balaban J connectivity index is 1.86. The van der Waals surface area contributed by atoms with E-state index in [0.29, 0.717) is 18.1 Å². The summed E-state index contributed by atoms with van der Waals surface area (Å²) in [5, 5.41) is 0. The summed E-state index contributed by atoms with van der Waals surface area (Å²) in [7, 11) is 0. The van der Waals surface area contributed by atoms with Gasteiger partial charge in [0.05, 0.1) is 12.2 Å². The normalized spacial score (nSPS) is 18.7. The zero-order valence-corrected chi connectivity index (χ0v) is 20.5. The number of aryl methyl sites for hydroxylation is 1. The number of halogens is 3. The highest BCUT2D eigenvalue weighted by atomic mass is 19.1. The minimum Gasteiger partial charge on any atom is -0.441 e. The molecule has 2 atom stereocenters. The molecule has 3 aromatic rings. The summed E-state index contributed by atoms with van der Waals surface area (Å²) < 4.78 is 51.5. The summed E-state index contributed by atoms with van der Waals surface area (Å²) in [6.45, 7) is 7.99. The van der Waals surface area contributed by atoms with Crippen LogP contribution in [0.1, 0.15) is 61.9 Å². The van der Waals surface area contributed by atoms with Gasteiger partial charge in [0.15, 0.2) is 17.4 Å². The summed E-state index contributed by atoms with van der Waals surface area (Å²) in [4.78, 5) is 17.2. The molecule has 2 aromatic carbocycles. The number of fused-ring (bicyclic) bond motifs is 1. The van der Waals surface area contributed by atoms with Crippen LogP contribution in [0.15, 0.2) is 47.0 Å². The number of hydrogen-bond donors (Lipinski definition) is 0. The van der Waals surface area contributed by atoms with Gasteiger partial charge in [-0.05, 0) is 75.1 Å². The number of benzene rings is 2. The molecular formula is C28H29F3N2O2.